The van der Waals surface area contributed by atoms with Gasteiger partial charge >= 0.3 is 0 Å². The number of para-hydroxylation sites is 1. The minimum Gasteiger partial charge on any atom is -0.321 e. The number of anilines is 1. The third-order valence-corrected chi connectivity index (χ3v) is 7.41. The Labute approximate surface area is 172 Å². The van der Waals surface area contributed by atoms with Gasteiger partial charge in [-0.25, -0.2) is 25.9 Å². The van der Waals surface area contributed by atoms with E-state index in [1.54, 1.807) is 32.9 Å². The first kappa shape index (κ1) is 23.0. The molecule has 10 heteroatoms. The fourth-order valence-electron chi connectivity index (χ4n) is 2.43. The molecule has 29 heavy (non-hydrogen) atoms. The van der Waals surface area contributed by atoms with Crippen LogP contribution in [0.2, 0.25) is 0 Å². The first-order valence-corrected chi connectivity index (χ1v) is 11.6. The Morgan fingerprint density at radius 1 is 0.897 bits per heavy atom. The second-order valence-electron chi connectivity index (χ2n) is 7.62. The summed E-state index contributed by atoms with van der Waals surface area (Å²) in [6.07, 6.45) is 0. The van der Waals surface area contributed by atoms with Crippen LogP contribution in [0.1, 0.15) is 31.1 Å². The highest BCUT2D eigenvalue weighted by Crippen LogP contribution is 2.24. The van der Waals surface area contributed by atoms with Crippen molar-refractivity contribution in [2.24, 2.45) is 0 Å². The number of nitrogens with one attached hydrogen (secondary N) is 2. The highest BCUT2D eigenvalue weighted by atomic mass is 32.2. The molecule has 0 saturated carbocycles. The first-order valence-electron chi connectivity index (χ1n) is 8.71. The van der Waals surface area contributed by atoms with E-state index in [4.69, 9.17) is 0 Å². The van der Waals surface area contributed by atoms with E-state index < -0.39 is 31.5 Å². The predicted molar refractivity (Wildman–Crippen MR) is 112 cm³/mol. The molecule has 0 saturated heterocycles. The van der Waals surface area contributed by atoms with Gasteiger partial charge < -0.3 is 5.32 Å². The molecular formula is C19H25N3O5S2. The molecule has 0 spiro atoms. The van der Waals surface area contributed by atoms with E-state index in [2.05, 4.69) is 10.0 Å². The summed E-state index contributed by atoms with van der Waals surface area (Å²) in [7, 11) is -4.67. The van der Waals surface area contributed by atoms with E-state index in [-0.39, 0.29) is 21.0 Å². The summed E-state index contributed by atoms with van der Waals surface area (Å²) >= 11 is 0. The van der Waals surface area contributed by atoms with E-state index >= 15 is 0 Å². The van der Waals surface area contributed by atoms with E-state index in [9.17, 15) is 21.6 Å². The van der Waals surface area contributed by atoms with Gasteiger partial charge in [0.25, 0.3) is 5.91 Å². The molecule has 0 aliphatic carbocycles. The van der Waals surface area contributed by atoms with Crippen LogP contribution in [-0.2, 0) is 20.0 Å². The summed E-state index contributed by atoms with van der Waals surface area (Å²) in [6, 6.07) is 11.5. The number of carbonyl (C=O) groups is 1. The predicted octanol–water partition coefficient (Wildman–Crippen LogP) is 2.27. The van der Waals surface area contributed by atoms with Crippen LogP contribution < -0.4 is 10.0 Å². The molecule has 0 atom stereocenters. The van der Waals surface area contributed by atoms with Crippen LogP contribution in [-0.4, -0.2) is 46.7 Å². The lowest BCUT2D eigenvalue weighted by Gasteiger charge is -2.20. The fraction of sp³-hybridized carbons (Fsp3) is 0.316. The smallest absolute Gasteiger partial charge is 0.255 e. The number of carbonyl (C=O) groups excluding carboxylic acids is 1. The maximum absolute atomic E-state index is 12.6. The third kappa shape index (κ3) is 5.63. The molecule has 0 fully saturated rings. The SMILES string of the molecule is CN(C)S(=O)(=O)c1ccccc1NC(=O)c1ccc(S(=O)(=O)NC(C)(C)C)cc1. The molecule has 0 aliphatic rings. The van der Waals surface area contributed by atoms with Gasteiger partial charge in [0.2, 0.25) is 20.0 Å². The second kappa shape index (κ2) is 8.23. The lowest BCUT2D eigenvalue weighted by Crippen LogP contribution is -2.40. The highest BCUT2D eigenvalue weighted by Gasteiger charge is 2.24. The van der Waals surface area contributed by atoms with E-state index in [1.807, 2.05) is 0 Å². The lowest BCUT2D eigenvalue weighted by atomic mass is 10.1. The van der Waals surface area contributed by atoms with Gasteiger partial charge in [0.1, 0.15) is 4.90 Å². The van der Waals surface area contributed by atoms with Crippen LogP contribution in [0, 0.1) is 0 Å². The van der Waals surface area contributed by atoms with Crippen LogP contribution in [0.3, 0.4) is 0 Å². The Kier molecular flexibility index (Phi) is 6.53. The van der Waals surface area contributed by atoms with Crippen LogP contribution in [0.5, 0.6) is 0 Å². The van der Waals surface area contributed by atoms with Crippen LogP contribution >= 0.6 is 0 Å². The molecule has 0 bridgehead atoms. The Bertz CT molecular complexity index is 1100. The number of rotatable bonds is 6. The van der Waals surface area contributed by atoms with Crippen molar-refractivity contribution >= 4 is 31.6 Å². The van der Waals surface area contributed by atoms with Gasteiger partial charge in [-0.05, 0) is 57.2 Å². The first-order chi connectivity index (χ1) is 13.2. The topological polar surface area (TPSA) is 113 Å². The number of amides is 1. The van der Waals surface area contributed by atoms with Crippen LogP contribution in [0.15, 0.2) is 58.3 Å². The number of nitrogens with zero attached hydrogens (tertiary/aromatic N) is 1. The second-order valence-corrected chi connectivity index (χ2v) is 11.4. The molecular weight excluding hydrogens is 414 g/mol. The molecule has 8 nitrogen and oxygen atoms in total. The van der Waals surface area contributed by atoms with E-state index in [1.165, 1.54) is 50.5 Å². The van der Waals surface area contributed by atoms with Gasteiger partial charge in [-0.3, -0.25) is 4.79 Å². The molecule has 2 aromatic carbocycles. The molecule has 1 amide bonds. The normalized spacial score (nSPS) is 12.8. The molecule has 0 heterocycles. The van der Waals surface area contributed by atoms with E-state index in [0.717, 1.165) is 4.31 Å². The third-order valence-electron chi connectivity index (χ3n) is 3.76. The summed E-state index contributed by atoms with van der Waals surface area (Å²) in [5, 5.41) is 2.57. The number of hydrogen-bond donors (Lipinski definition) is 2. The van der Waals surface area contributed by atoms with Gasteiger partial charge in [-0.1, -0.05) is 12.1 Å². The summed E-state index contributed by atoms with van der Waals surface area (Å²) in [6.45, 7) is 5.18. The summed E-state index contributed by atoms with van der Waals surface area (Å²) in [5.74, 6) is -0.556. The van der Waals surface area contributed by atoms with Crippen molar-refractivity contribution in [3.05, 3.63) is 54.1 Å². The van der Waals surface area contributed by atoms with Crippen molar-refractivity contribution in [1.82, 2.24) is 9.03 Å². The Balaban J connectivity index is 2.28. The molecule has 158 valence electrons. The van der Waals surface area contributed by atoms with E-state index in [0.29, 0.717) is 0 Å². The lowest BCUT2D eigenvalue weighted by molar-refractivity contribution is 0.102. The largest absolute Gasteiger partial charge is 0.321 e. The zero-order valence-corrected chi connectivity index (χ0v) is 18.6. The number of sulfonamides is 2. The average Bonchev–Trinajstić information content (AvgIpc) is 2.60. The van der Waals surface area contributed by atoms with Crippen molar-refractivity contribution in [3.63, 3.8) is 0 Å². The molecule has 2 aromatic rings. The van der Waals surface area contributed by atoms with Gasteiger partial charge in [-0.2, -0.15) is 0 Å². The molecule has 2 N–H and O–H groups in total. The zero-order valence-electron chi connectivity index (χ0n) is 16.9. The zero-order chi connectivity index (χ0) is 22.0. The van der Waals surface area contributed by atoms with Crippen LogP contribution in [0.25, 0.3) is 0 Å². The molecule has 0 unspecified atom stereocenters. The molecule has 0 aromatic heterocycles. The minimum absolute atomic E-state index is 0.0274. The fourth-order valence-corrected chi connectivity index (χ4v) is 4.89. The summed E-state index contributed by atoms with van der Waals surface area (Å²) in [4.78, 5) is 12.6. The molecule has 2 rings (SSSR count). The highest BCUT2D eigenvalue weighted by molar-refractivity contribution is 7.89. The van der Waals surface area contributed by atoms with Gasteiger partial charge in [-0.15, -0.1) is 0 Å². The van der Waals surface area contributed by atoms with Crippen molar-refractivity contribution < 1.29 is 21.6 Å². The van der Waals surface area contributed by atoms with Crippen molar-refractivity contribution in [2.45, 2.75) is 36.1 Å². The molecule has 0 aliphatic heterocycles. The standard InChI is InChI=1S/C19H25N3O5S2/c1-19(2,3)21-28(24,25)15-12-10-14(11-13-15)18(23)20-16-8-6-7-9-17(16)29(26,27)22(4)5/h6-13,21H,1-5H3,(H,20,23). The van der Waals surface area contributed by atoms with Crippen LogP contribution in [0.4, 0.5) is 5.69 Å². The van der Waals surface area contributed by atoms with Gasteiger partial charge in [0, 0.05) is 25.2 Å². The maximum Gasteiger partial charge on any atom is 0.255 e. The monoisotopic (exact) mass is 439 g/mol. The van der Waals surface area contributed by atoms with Crippen molar-refractivity contribution in [1.29, 1.82) is 0 Å². The van der Waals surface area contributed by atoms with Gasteiger partial charge in [0.05, 0.1) is 10.6 Å². The number of hydrogen-bond acceptors (Lipinski definition) is 5. The quantitative estimate of drug-likeness (QED) is 0.717. The maximum atomic E-state index is 12.6. The van der Waals surface area contributed by atoms with Crippen molar-refractivity contribution in [2.75, 3.05) is 19.4 Å². The summed E-state index contributed by atoms with van der Waals surface area (Å²) in [5.41, 5.74) is -0.315. The Morgan fingerprint density at radius 3 is 1.97 bits per heavy atom. The minimum atomic E-state index is -3.75. The Hall–Kier alpha value is -2.27. The number of benzene rings is 2. The van der Waals surface area contributed by atoms with Crippen molar-refractivity contribution in [3.8, 4) is 0 Å². The molecule has 0 radical (unpaired) electrons. The van der Waals surface area contributed by atoms with Gasteiger partial charge in [0.15, 0.2) is 0 Å². The summed E-state index contributed by atoms with van der Waals surface area (Å²) < 4.78 is 53.2. The average molecular weight is 440 g/mol. The Morgan fingerprint density at radius 2 is 1.45 bits per heavy atom.